The number of carbonyl (C=O) groups is 2. The number of nitrogens with one attached hydrogen (secondary N) is 1. The molecule has 0 aromatic heterocycles. The van der Waals surface area contributed by atoms with Gasteiger partial charge in [0.1, 0.15) is 18.3 Å². The van der Waals surface area contributed by atoms with Gasteiger partial charge in [-0.1, -0.05) is 42.3 Å². The van der Waals surface area contributed by atoms with E-state index in [0.717, 1.165) is 16.1 Å². The first-order valence-electron chi connectivity index (χ1n) is 10.5. The molecule has 8 nitrogen and oxygen atoms in total. The molecule has 0 unspecified atom stereocenters. The van der Waals surface area contributed by atoms with Crippen LogP contribution in [0.15, 0.2) is 36.4 Å². The van der Waals surface area contributed by atoms with Crippen molar-refractivity contribution in [1.82, 2.24) is 10.2 Å². The van der Waals surface area contributed by atoms with Crippen molar-refractivity contribution in [3.63, 3.8) is 0 Å². The Labute approximate surface area is 210 Å². The third kappa shape index (κ3) is 6.77. The van der Waals surface area contributed by atoms with Crippen LogP contribution in [0.1, 0.15) is 24.5 Å². The molecule has 0 spiro atoms. The number of likely N-dealkylation sites (N-methyl/N-ethyl adjacent to an activating group) is 1. The van der Waals surface area contributed by atoms with E-state index in [1.54, 1.807) is 50.2 Å². The standard InChI is InChI=1S/C23H29Cl2N3O5S/c1-6-19(23(30)26-3)27(13-16-8-9-17(24)12-18(16)25)22(29)14-28(34(5,31)32)20-11-15(2)7-10-21(20)33-4/h7-12,19H,6,13-14H2,1-5H3,(H,26,30)/t19-/m1/s1. The fourth-order valence-corrected chi connectivity index (χ4v) is 4.82. The Kier molecular flexibility index (Phi) is 9.61. The van der Waals surface area contributed by atoms with Gasteiger partial charge in [-0.05, 0) is 48.7 Å². The fourth-order valence-electron chi connectivity index (χ4n) is 3.51. The maximum atomic E-state index is 13.6. The quantitative estimate of drug-likeness (QED) is 0.506. The molecule has 0 saturated heterocycles. The molecule has 1 N–H and O–H groups in total. The van der Waals surface area contributed by atoms with E-state index >= 15 is 0 Å². The number of ether oxygens (including phenoxy) is 1. The number of hydrogen-bond acceptors (Lipinski definition) is 5. The number of rotatable bonds is 10. The molecule has 0 saturated carbocycles. The number of methoxy groups -OCH3 is 1. The van der Waals surface area contributed by atoms with Crippen LogP contribution < -0.4 is 14.4 Å². The minimum atomic E-state index is -3.88. The second kappa shape index (κ2) is 11.8. The van der Waals surface area contributed by atoms with Gasteiger partial charge in [0, 0.05) is 23.6 Å². The number of aryl methyl sites for hydroxylation is 1. The van der Waals surface area contributed by atoms with E-state index in [2.05, 4.69) is 5.32 Å². The van der Waals surface area contributed by atoms with E-state index in [-0.39, 0.29) is 18.1 Å². The molecule has 0 radical (unpaired) electrons. The predicted octanol–water partition coefficient (Wildman–Crippen LogP) is 3.63. The third-order valence-corrected chi connectivity index (χ3v) is 6.98. The molecule has 2 rings (SSSR count). The second-order valence-corrected chi connectivity index (χ2v) is 10.5. The lowest BCUT2D eigenvalue weighted by Gasteiger charge is -2.33. The van der Waals surface area contributed by atoms with Crippen LogP contribution in [0, 0.1) is 6.92 Å². The van der Waals surface area contributed by atoms with Gasteiger partial charge >= 0.3 is 0 Å². The van der Waals surface area contributed by atoms with E-state index in [4.69, 9.17) is 27.9 Å². The number of anilines is 1. The van der Waals surface area contributed by atoms with Crippen molar-refractivity contribution in [2.45, 2.75) is 32.9 Å². The van der Waals surface area contributed by atoms with E-state index in [1.165, 1.54) is 19.1 Å². The summed E-state index contributed by atoms with van der Waals surface area (Å²) in [6.07, 6.45) is 1.32. The molecule has 0 aliphatic carbocycles. The van der Waals surface area contributed by atoms with E-state index in [9.17, 15) is 18.0 Å². The number of sulfonamides is 1. The van der Waals surface area contributed by atoms with E-state index in [1.807, 2.05) is 0 Å². The highest BCUT2D eigenvalue weighted by atomic mass is 35.5. The first kappa shape index (κ1) is 27.8. The third-order valence-electron chi connectivity index (χ3n) is 5.27. The van der Waals surface area contributed by atoms with Crippen LogP contribution in [-0.4, -0.2) is 58.1 Å². The molecular formula is C23H29Cl2N3O5S. The van der Waals surface area contributed by atoms with Crippen LogP contribution in [0.3, 0.4) is 0 Å². The largest absolute Gasteiger partial charge is 0.495 e. The Morgan fingerprint density at radius 1 is 1.15 bits per heavy atom. The summed E-state index contributed by atoms with van der Waals surface area (Å²) in [5.41, 5.74) is 1.59. The summed E-state index contributed by atoms with van der Waals surface area (Å²) in [6.45, 7) is 3.03. The number of hydrogen-bond donors (Lipinski definition) is 1. The average Bonchev–Trinajstić information content (AvgIpc) is 2.77. The van der Waals surface area contributed by atoms with Crippen molar-refractivity contribution in [2.75, 3.05) is 31.3 Å². The molecule has 2 aromatic rings. The number of nitrogens with zero attached hydrogens (tertiary/aromatic N) is 2. The fraction of sp³-hybridized carbons (Fsp3) is 0.391. The van der Waals surface area contributed by atoms with Crippen molar-refractivity contribution in [2.24, 2.45) is 0 Å². The Bertz CT molecular complexity index is 1160. The molecule has 0 bridgehead atoms. The van der Waals surface area contributed by atoms with Crippen LogP contribution in [-0.2, 0) is 26.2 Å². The second-order valence-electron chi connectivity index (χ2n) is 7.74. The van der Waals surface area contributed by atoms with Crippen LogP contribution in [0.4, 0.5) is 5.69 Å². The molecule has 11 heteroatoms. The smallest absolute Gasteiger partial charge is 0.244 e. The molecule has 34 heavy (non-hydrogen) atoms. The van der Waals surface area contributed by atoms with Crippen molar-refractivity contribution < 1.29 is 22.7 Å². The molecule has 0 aliphatic heterocycles. The molecule has 186 valence electrons. The summed E-state index contributed by atoms with van der Waals surface area (Å²) in [6, 6.07) is 9.04. The van der Waals surface area contributed by atoms with Gasteiger partial charge < -0.3 is 15.0 Å². The van der Waals surface area contributed by atoms with E-state index in [0.29, 0.717) is 27.8 Å². The summed E-state index contributed by atoms with van der Waals surface area (Å²) >= 11 is 12.3. The highest BCUT2D eigenvalue weighted by molar-refractivity contribution is 7.92. The Morgan fingerprint density at radius 2 is 1.82 bits per heavy atom. The highest BCUT2D eigenvalue weighted by Crippen LogP contribution is 2.31. The van der Waals surface area contributed by atoms with Gasteiger partial charge in [0.05, 0.1) is 19.1 Å². The van der Waals surface area contributed by atoms with Crippen molar-refractivity contribution in [3.8, 4) is 5.75 Å². The van der Waals surface area contributed by atoms with Crippen LogP contribution in [0.25, 0.3) is 0 Å². The van der Waals surface area contributed by atoms with Crippen LogP contribution in [0.5, 0.6) is 5.75 Å². The van der Waals surface area contributed by atoms with Gasteiger partial charge in [0.2, 0.25) is 21.8 Å². The Balaban J connectivity index is 2.53. The van der Waals surface area contributed by atoms with Gasteiger partial charge in [0.15, 0.2) is 0 Å². The molecule has 1 atom stereocenters. The summed E-state index contributed by atoms with van der Waals surface area (Å²) in [7, 11) is -0.983. The summed E-state index contributed by atoms with van der Waals surface area (Å²) in [5.74, 6) is -0.648. The first-order valence-corrected chi connectivity index (χ1v) is 13.1. The average molecular weight is 530 g/mol. The maximum Gasteiger partial charge on any atom is 0.244 e. The Morgan fingerprint density at radius 3 is 2.35 bits per heavy atom. The number of halogens is 2. The minimum Gasteiger partial charge on any atom is -0.495 e. The lowest BCUT2D eigenvalue weighted by Crippen LogP contribution is -2.51. The topological polar surface area (TPSA) is 96.0 Å². The normalized spacial score (nSPS) is 12.1. The molecule has 0 fully saturated rings. The van der Waals surface area contributed by atoms with Crippen molar-refractivity contribution in [1.29, 1.82) is 0 Å². The van der Waals surface area contributed by atoms with Gasteiger partial charge in [0.25, 0.3) is 0 Å². The van der Waals surface area contributed by atoms with Crippen LogP contribution in [0.2, 0.25) is 10.0 Å². The monoisotopic (exact) mass is 529 g/mol. The maximum absolute atomic E-state index is 13.6. The van der Waals surface area contributed by atoms with Gasteiger partial charge in [-0.15, -0.1) is 0 Å². The summed E-state index contributed by atoms with van der Waals surface area (Å²) in [5, 5.41) is 3.32. The van der Waals surface area contributed by atoms with Crippen LogP contribution >= 0.6 is 23.2 Å². The summed E-state index contributed by atoms with van der Waals surface area (Å²) < 4.78 is 31.8. The zero-order valence-corrected chi connectivity index (χ0v) is 22.1. The zero-order chi connectivity index (χ0) is 25.6. The number of carbonyl (C=O) groups excluding carboxylic acids is 2. The van der Waals surface area contributed by atoms with Gasteiger partial charge in [-0.2, -0.15) is 0 Å². The number of amides is 2. The highest BCUT2D eigenvalue weighted by Gasteiger charge is 2.32. The Hall–Kier alpha value is -2.49. The SMILES string of the molecule is CC[C@H](C(=O)NC)N(Cc1ccc(Cl)cc1Cl)C(=O)CN(c1cc(C)ccc1OC)S(C)(=O)=O. The lowest BCUT2D eigenvalue weighted by molar-refractivity contribution is -0.140. The lowest BCUT2D eigenvalue weighted by atomic mass is 10.1. The van der Waals surface area contributed by atoms with Gasteiger partial charge in [-0.25, -0.2) is 8.42 Å². The van der Waals surface area contributed by atoms with Crippen molar-refractivity contribution in [3.05, 3.63) is 57.6 Å². The molecule has 2 aromatic carbocycles. The zero-order valence-electron chi connectivity index (χ0n) is 19.8. The summed E-state index contributed by atoms with van der Waals surface area (Å²) in [4.78, 5) is 27.5. The van der Waals surface area contributed by atoms with Crippen molar-refractivity contribution >= 4 is 50.7 Å². The van der Waals surface area contributed by atoms with Gasteiger partial charge in [-0.3, -0.25) is 13.9 Å². The molecular weight excluding hydrogens is 501 g/mol. The minimum absolute atomic E-state index is 0.0106. The van der Waals surface area contributed by atoms with E-state index < -0.39 is 28.5 Å². The first-order chi connectivity index (χ1) is 15.9. The predicted molar refractivity (Wildman–Crippen MR) is 135 cm³/mol. The molecule has 2 amide bonds. The number of benzene rings is 2. The molecule has 0 heterocycles. The molecule has 0 aliphatic rings.